The average Bonchev–Trinajstić information content (AvgIpc) is 2.63. The quantitative estimate of drug-likeness (QED) is 0.430. The lowest BCUT2D eigenvalue weighted by Crippen LogP contribution is -2.17. The molecule has 2 aromatic rings. The van der Waals surface area contributed by atoms with Gasteiger partial charge in [0.1, 0.15) is 0 Å². The van der Waals surface area contributed by atoms with E-state index in [1.165, 1.54) is 0 Å². The van der Waals surface area contributed by atoms with Crippen LogP contribution in [-0.2, 0) is 10.8 Å². The molecule has 0 spiro atoms. The van der Waals surface area contributed by atoms with Crippen molar-refractivity contribution in [3.8, 4) is 0 Å². The highest BCUT2D eigenvalue weighted by molar-refractivity contribution is 6.22. The third-order valence-corrected chi connectivity index (χ3v) is 4.60. The number of ketones is 1. The maximum absolute atomic E-state index is 12.9. The summed E-state index contributed by atoms with van der Waals surface area (Å²) in [6.45, 7) is 12.7. The van der Waals surface area contributed by atoms with E-state index in [2.05, 4.69) is 47.6 Å². The molecule has 0 fully saturated rings. The van der Waals surface area contributed by atoms with Crippen molar-refractivity contribution in [3.63, 3.8) is 0 Å². The highest BCUT2D eigenvalue weighted by Gasteiger charge is 2.23. The number of carbonyl (C=O) groups is 1. The molecule has 0 amide bonds. The zero-order valence-corrected chi connectivity index (χ0v) is 16.6. The van der Waals surface area contributed by atoms with Crippen LogP contribution < -0.4 is 0 Å². The molecule has 0 radical (unpaired) electrons. The van der Waals surface area contributed by atoms with Crippen LogP contribution in [0, 0.1) is 0 Å². The summed E-state index contributed by atoms with van der Waals surface area (Å²) in [7, 11) is 0. The Labute approximate surface area is 164 Å². The summed E-state index contributed by atoms with van der Waals surface area (Å²) in [5.41, 5.74) is 2.47. The highest BCUT2D eigenvalue weighted by atomic mass is 35.5. The van der Waals surface area contributed by atoms with Crippen LogP contribution in [0.3, 0.4) is 0 Å². The van der Waals surface area contributed by atoms with Crippen molar-refractivity contribution >= 4 is 17.4 Å². The molecule has 25 heavy (non-hydrogen) atoms. The third kappa shape index (κ3) is 5.19. The van der Waals surface area contributed by atoms with Crippen LogP contribution >= 0.6 is 11.6 Å². The van der Waals surface area contributed by atoms with Crippen LogP contribution in [0.2, 0.25) is 0 Å². The number of benzene rings is 2. The lowest BCUT2D eigenvalue weighted by Gasteiger charge is -2.27. The van der Waals surface area contributed by atoms with Gasteiger partial charge < -0.3 is 0 Å². The molecule has 0 bridgehead atoms. The van der Waals surface area contributed by atoms with E-state index in [1.54, 1.807) is 0 Å². The number of alkyl halides is 1. The van der Waals surface area contributed by atoms with Crippen LogP contribution in [0.1, 0.15) is 87.2 Å². The first kappa shape index (κ1) is 13.6. The Bertz CT molecular complexity index is 925. The van der Waals surface area contributed by atoms with E-state index in [4.69, 9.17) is 18.5 Å². The summed E-state index contributed by atoms with van der Waals surface area (Å²) < 4.78 is 39.3. The average molecular weight is 362 g/mol. The van der Waals surface area contributed by atoms with Gasteiger partial charge in [-0.05, 0) is 27.5 Å². The Morgan fingerprint density at radius 3 is 1.88 bits per heavy atom. The molecule has 1 atom stereocenters. The molecular weight excluding hydrogens is 328 g/mol. The molecule has 0 aliphatic heterocycles. The monoisotopic (exact) mass is 361 g/mol. The number of hydrogen-bond acceptors (Lipinski definition) is 1. The van der Waals surface area contributed by atoms with Crippen molar-refractivity contribution in [3.05, 3.63) is 70.7 Å². The van der Waals surface area contributed by atoms with E-state index in [-0.39, 0.29) is 22.8 Å². The first-order chi connectivity index (χ1) is 13.6. The molecule has 0 aliphatic rings. The van der Waals surface area contributed by atoms with Crippen LogP contribution in [0.15, 0.2) is 48.4 Å². The smallest absolute Gasteiger partial charge is 0.164 e. The second-order valence-electron chi connectivity index (χ2n) is 8.44. The Balaban J connectivity index is 2.48. The second-order valence-corrected chi connectivity index (χ2v) is 8.97. The molecule has 0 aromatic heterocycles. The molecule has 0 saturated heterocycles. The summed E-state index contributed by atoms with van der Waals surface area (Å²) in [4.78, 5) is 12.9. The highest BCUT2D eigenvalue weighted by Crippen LogP contribution is 2.35. The van der Waals surface area contributed by atoms with Crippen molar-refractivity contribution < 1.29 is 11.6 Å². The van der Waals surface area contributed by atoms with Gasteiger partial charge in [0.25, 0.3) is 0 Å². The molecule has 1 unspecified atom stereocenters. The van der Waals surface area contributed by atoms with Gasteiger partial charge in [0.2, 0.25) is 0 Å². The minimum atomic E-state index is -0.682. The standard InChI is InChI=1S/C23H29ClO/c1-22(2,3)18-12-17(13-19(14-18)23(4,5)6)20(24)15-21(25)16-10-8-7-9-11-16/h7-14,20H,15H2,1-6H3/i7D,8D,9D,10D,11D. The van der Waals surface area contributed by atoms with E-state index < -0.39 is 41.4 Å². The normalized spacial score (nSPS) is 16.4. The summed E-state index contributed by atoms with van der Waals surface area (Å²) in [5, 5.41) is -0.682. The Morgan fingerprint density at radius 2 is 1.44 bits per heavy atom. The molecule has 0 heterocycles. The minimum absolute atomic E-state index is 0.108. The first-order valence-corrected chi connectivity index (χ1v) is 8.89. The van der Waals surface area contributed by atoms with Crippen molar-refractivity contribution in [2.75, 3.05) is 0 Å². The van der Waals surface area contributed by atoms with E-state index in [0.717, 1.165) is 16.7 Å². The topological polar surface area (TPSA) is 17.1 Å². The van der Waals surface area contributed by atoms with Crippen molar-refractivity contribution in [2.45, 2.75) is 64.2 Å². The molecule has 0 N–H and O–H groups in total. The minimum Gasteiger partial charge on any atom is -0.294 e. The predicted molar refractivity (Wildman–Crippen MR) is 108 cm³/mol. The number of hydrogen-bond donors (Lipinski definition) is 0. The Morgan fingerprint density at radius 1 is 0.960 bits per heavy atom. The van der Waals surface area contributed by atoms with E-state index in [9.17, 15) is 4.79 Å². The van der Waals surface area contributed by atoms with Crippen molar-refractivity contribution in [2.24, 2.45) is 0 Å². The third-order valence-electron chi connectivity index (χ3n) is 4.19. The molecule has 2 aromatic carbocycles. The molecule has 2 rings (SSSR count). The fraction of sp³-hybridized carbons (Fsp3) is 0.435. The van der Waals surface area contributed by atoms with Gasteiger partial charge in [-0.3, -0.25) is 4.79 Å². The Kier molecular flexibility index (Phi) is 3.98. The molecular formula is C23H29ClO. The lowest BCUT2D eigenvalue weighted by atomic mass is 9.79. The van der Waals surface area contributed by atoms with Crippen LogP contribution in [-0.4, -0.2) is 5.78 Å². The van der Waals surface area contributed by atoms with Crippen LogP contribution in [0.25, 0.3) is 0 Å². The molecule has 0 aliphatic carbocycles. The maximum atomic E-state index is 12.9. The van der Waals surface area contributed by atoms with Gasteiger partial charge in [0.05, 0.1) is 12.2 Å². The number of carbonyl (C=O) groups excluding carboxylic acids is 1. The van der Waals surface area contributed by atoms with E-state index >= 15 is 0 Å². The maximum Gasteiger partial charge on any atom is 0.164 e. The largest absolute Gasteiger partial charge is 0.294 e. The van der Waals surface area contributed by atoms with E-state index in [1.807, 2.05) is 12.1 Å². The Hall–Kier alpha value is -1.60. The summed E-state index contributed by atoms with van der Waals surface area (Å²) in [6, 6.07) is 3.60. The fourth-order valence-corrected chi connectivity index (χ4v) is 2.74. The summed E-state index contributed by atoms with van der Waals surface area (Å²) in [5.74, 6) is -0.564. The zero-order chi connectivity index (χ0) is 23.2. The molecule has 1 nitrogen and oxygen atoms in total. The van der Waals surface area contributed by atoms with Gasteiger partial charge >= 0.3 is 0 Å². The number of Topliss-reactive ketones (excluding diaryl/α,β-unsaturated/α-hetero) is 1. The molecule has 0 saturated carbocycles. The first-order valence-electron chi connectivity index (χ1n) is 11.0. The van der Waals surface area contributed by atoms with Gasteiger partial charge in [0, 0.05) is 12.0 Å². The fourth-order valence-electron chi connectivity index (χ4n) is 2.47. The summed E-state index contributed by atoms with van der Waals surface area (Å²) in [6.07, 6.45) is -0.160. The lowest BCUT2D eigenvalue weighted by molar-refractivity contribution is 0.0981. The number of rotatable bonds is 4. The zero-order valence-electron chi connectivity index (χ0n) is 20.8. The summed E-state index contributed by atoms with van der Waals surface area (Å²) >= 11 is 6.64. The van der Waals surface area contributed by atoms with E-state index in [0.29, 0.717) is 0 Å². The van der Waals surface area contributed by atoms with Crippen molar-refractivity contribution in [1.29, 1.82) is 0 Å². The predicted octanol–water partition coefficient (Wildman–Crippen LogP) is 6.83. The molecule has 134 valence electrons. The van der Waals surface area contributed by atoms with Crippen LogP contribution in [0.5, 0.6) is 0 Å². The number of halogens is 1. The van der Waals surface area contributed by atoms with Gasteiger partial charge in [0.15, 0.2) is 5.78 Å². The van der Waals surface area contributed by atoms with Gasteiger partial charge in [-0.25, -0.2) is 0 Å². The van der Waals surface area contributed by atoms with Gasteiger partial charge in [-0.2, -0.15) is 0 Å². The SMILES string of the molecule is [2H]c1c([2H])c([2H])c(C(=O)CC(Cl)c2cc(C(C)(C)C)cc(C(C)(C)C)c2)c([2H])c1[2H]. The van der Waals surface area contributed by atoms with Crippen LogP contribution in [0.4, 0.5) is 0 Å². The second kappa shape index (κ2) is 7.33. The van der Waals surface area contributed by atoms with Crippen molar-refractivity contribution in [1.82, 2.24) is 0 Å². The molecule has 2 heteroatoms. The van der Waals surface area contributed by atoms with Gasteiger partial charge in [-0.15, -0.1) is 11.6 Å². The van der Waals surface area contributed by atoms with Gasteiger partial charge in [-0.1, -0.05) is 90.0 Å².